The summed E-state index contributed by atoms with van der Waals surface area (Å²) in [6.07, 6.45) is 4.31. The first kappa shape index (κ1) is 38.2. The highest BCUT2D eigenvalue weighted by molar-refractivity contribution is 6.30. The van der Waals surface area contributed by atoms with E-state index in [-0.39, 0.29) is 28.0 Å². The third-order valence-electron chi connectivity index (χ3n) is 9.80. The number of rotatable bonds is 2. The van der Waals surface area contributed by atoms with Gasteiger partial charge in [-0.25, -0.2) is 0 Å². The topological polar surface area (TPSA) is 195 Å². The van der Waals surface area contributed by atoms with Crippen LogP contribution in [0.25, 0.3) is 0 Å². The zero-order valence-electron chi connectivity index (χ0n) is 29.6. The second-order valence-electron chi connectivity index (χ2n) is 13.4. The lowest BCUT2D eigenvalue weighted by Crippen LogP contribution is -2.46. The Morgan fingerprint density at radius 2 is 1.60 bits per heavy atom. The van der Waals surface area contributed by atoms with Crippen LogP contribution in [0, 0.1) is 30.6 Å². The summed E-state index contributed by atoms with van der Waals surface area (Å²) < 4.78 is 23.1. The van der Waals surface area contributed by atoms with Gasteiger partial charge in [0, 0.05) is 61.8 Å². The van der Waals surface area contributed by atoms with Crippen LogP contribution < -0.4 is 10.1 Å². The Morgan fingerprint density at radius 3 is 2.22 bits per heavy atom. The average molecular weight is 696 g/mol. The van der Waals surface area contributed by atoms with Gasteiger partial charge < -0.3 is 39.6 Å². The summed E-state index contributed by atoms with van der Waals surface area (Å²) in [5.74, 6) is -8.99. The van der Waals surface area contributed by atoms with Crippen molar-refractivity contribution in [2.24, 2.45) is 23.7 Å². The number of ketones is 3. The number of allylic oxidation sites excluding steroid dienone is 4. The summed E-state index contributed by atoms with van der Waals surface area (Å²) in [6.45, 7) is 12.3. The molecule has 5 bridgehead atoms. The molecule has 0 saturated heterocycles. The van der Waals surface area contributed by atoms with E-state index in [4.69, 9.17) is 18.9 Å². The predicted octanol–water partition coefficient (Wildman–Crippen LogP) is 3.63. The molecule has 0 spiro atoms. The number of phenolic OH excluding ortho intramolecular Hbond substituents is 1. The van der Waals surface area contributed by atoms with Gasteiger partial charge in [-0.1, -0.05) is 45.9 Å². The van der Waals surface area contributed by atoms with Gasteiger partial charge in [0.25, 0.3) is 11.7 Å². The number of benzene rings is 1. The summed E-state index contributed by atoms with van der Waals surface area (Å²) in [7, 11) is 1.42. The molecule has 0 fully saturated rings. The molecule has 1 aliphatic carbocycles. The second kappa shape index (κ2) is 14.7. The SMILES string of the molecule is CO[C@H]1/C=C/O[C@@]2(C)Oc3c(C)c(O)c4c(c3C2=O)C(=O)C=C(NC(=O)/C(C)=C\C=C\[C@H](C)[C@@H](O)[C@@H](C)[C@@H](O)[C@@H](C)[C@H](OC(C)=O)[C@@H]1C)C4=O. The minimum Gasteiger partial charge on any atom is -0.507 e. The molecule has 0 aromatic heterocycles. The number of nitrogens with one attached hydrogen (secondary N) is 1. The van der Waals surface area contributed by atoms with E-state index in [2.05, 4.69) is 5.32 Å². The number of carbonyl (C=O) groups is 5. The van der Waals surface area contributed by atoms with Crippen molar-refractivity contribution in [3.05, 3.63) is 70.2 Å². The molecule has 1 aromatic carbocycles. The zero-order chi connectivity index (χ0) is 37.4. The number of Topliss-reactive ketones (excluding diaryl/α,β-unsaturated/α-hetero) is 2. The maximum absolute atomic E-state index is 13.9. The van der Waals surface area contributed by atoms with Crippen LogP contribution in [0.3, 0.4) is 0 Å². The van der Waals surface area contributed by atoms with Crippen molar-refractivity contribution in [1.82, 2.24) is 5.32 Å². The fraction of sp³-hybridized carbons (Fsp3) is 0.486. The normalized spacial score (nSPS) is 34.5. The molecule has 1 amide bonds. The van der Waals surface area contributed by atoms with Crippen LogP contribution >= 0.6 is 0 Å². The molecule has 0 unspecified atom stereocenters. The maximum atomic E-state index is 13.9. The number of amides is 1. The highest BCUT2D eigenvalue weighted by atomic mass is 16.7. The molecular formula is C37H45NO12. The Bertz CT molecular complexity index is 1720. The number of aromatic hydroxyl groups is 1. The molecule has 13 nitrogen and oxygen atoms in total. The lowest BCUT2D eigenvalue weighted by Gasteiger charge is -2.38. The van der Waals surface area contributed by atoms with Crippen LogP contribution in [-0.2, 0) is 23.8 Å². The van der Waals surface area contributed by atoms with Gasteiger partial charge in [0.1, 0.15) is 17.6 Å². The van der Waals surface area contributed by atoms with Crippen LogP contribution in [0.15, 0.2) is 47.9 Å². The Morgan fingerprint density at radius 1 is 0.940 bits per heavy atom. The summed E-state index contributed by atoms with van der Waals surface area (Å²) in [6, 6.07) is 0. The largest absolute Gasteiger partial charge is 0.507 e. The van der Waals surface area contributed by atoms with Gasteiger partial charge in [-0.3, -0.25) is 24.0 Å². The van der Waals surface area contributed by atoms with E-state index in [1.54, 1.807) is 39.8 Å². The van der Waals surface area contributed by atoms with Crippen molar-refractivity contribution in [3.63, 3.8) is 0 Å². The molecule has 3 heterocycles. The van der Waals surface area contributed by atoms with Crippen molar-refractivity contribution in [3.8, 4) is 11.5 Å². The highest BCUT2D eigenvalue weighted by Crippen LogP contribution is 2.47. The molecule has 0 radical (unpaired) electrons. The molecular weight excluding hydrogens is 650 g/mol. The van der Waals surface area contributed by atoms with Gasteiger partial charge in [-0.2, -0.15) is 0 Å². The number of aliphatic hydroxyl groups excluding tert-OH is 2. The standard InChI is InChI=1S/C37H45NO12/c1-16-11-10-12-17(2)36(46)38-23-15-24(40)26-27(32(23)44)31(43)21(6)34-28(26)35(45)37(8,50-34)48-14-13-25(47-9)18(3)33(49-22(7)39)20(5)30(42)19(4)29(16)41/h10-16,18-20,25,29-30,33,41-43H,1-9H3,(H,38,46)/b11-10+,14-13+,17-12-/t16-,18+,19+,20+,25-,29+,30+,33+,37-/m0/s1. The summed E-state index contributed by atoms with van der Waals surface area (Å²) in [5, 5.41) is 36.1. The van der Waals surface area contributed by atoms with Crippen LogP contribution in [-0.4, -0.2) is 81.9 Å². The monoisotopic (exact) mass is 695 g/mol. The smallest absolute Gasteiger partial charge is 0.312 e. The van der Waals surface area contributed by atoms with E-state index >= 15 is 0 Å². The highest BCUT2D eigenvalue weighted by Gasteiger charge is 2.51. The minimum atomic E-state index is -2.03. The number of hydrogen-bond acceptors (Lipinski definition) is 12. The fourth-order valence-corrected chi connectivity index (χ4v) is 6.62. The summed E-state index contributed by atoms with van der Waals surface area (Å²) in [5.41, 5.74) is -1.31. The van der Waals surface area contributed by atoms with Crippen LogP contribution in [0.4, 0.5) is 0 Å². The number of fused-ring (bicyclic) bond motifs is 14. The van der Waals surface area contributed by atoms with Crippen molar-refractivity contribution < 1.29 is 58.2 Å². The number of ether oxygens (including phenoxy) is 4. The molecule has 13 heteroatoms. The predicted molar refractivity (Wildman–Crippen MR) is 179 cm³/mol. The molecule has 0 saturated carbocycles. The quantitative estimate of drug-likeness (QED) is 0.329. The van der Waals surface area contributed by atoms with Gasteiger partial charge in [0.15, 0.2) is 5.78 Å². The third-order valence-corrected chi connectivity index (χ3v) is 9.80. The lowest BCUT2D eigenvalue weighted by atomic mass is 9.78. The number of carbonyl (C=O) groups excluding carboxylic acids is 5. The minimum absolute atomic E-state index is 0.00885. The number of methoxy groups -OCH3 is 1. The van der Waals surface area contributed by atoms with Gasteiger partial charge in [0.2, 0.25) is 5.78 Å². The van der Waals surface area contributed by atoms with Gasteiger partial charge >= 0.3 is 11.8 Å². The Kier molecular flexibility index (Phi) is 11.2. The second-order valence-corrected chi connectivity index (χ2v) is 13.4. The molecule has 50 heavy (non-hydrogen) atoms. The van der Waals surface area contributed by atoms with Crippen LogP contribution in [0.1, 0.15) is 85.1 Å². The van der Waals surface area contributed by atoms with E-state index < -0.39 is 100 Å². The van der Waals surface area contributed by atoms with Crippen molar-refractivity contribution in [2.75, 3.05) is 7.11 Å². The van der Waals surface area contributed by atoms with Crippen molar-refractivity contribution in [1.29, 1.82) is 0 Å². The van der Waals surface area contributed by atoms with Gasteiger partial charge in [0.05, 0.1) is 47.0 Å². The molecule has 3 aliphatic heterocycles. The van der Waals surface area contributed by atoms with Gasteiger partial charge in [-0.05, 0) is 19.9 Å². The van der Waals surface area contributed by atoms with E-state index in [9.17, 15) is 39.3 Å². The molecule has 270 valence electrons. The molecule has 9 atom stereocenters. The first-order valence-corrected chi connectivity index (χ1v) is 16.4. The average Bonchev–Trinajstić information content (AvgIpc) is 3.33. The number of aliphatic hydroxyl groups is 2. The first-order chi connectivity index (χ1) is 23.4. The van der Waals surface area contributed by atoms with Crippen molar-refractivity contribution >= 4 is 29.2 Å². The number of esters is 1. The summed E-state index contributed by atoms with van der Waals surface area (Å²) >= 11 is 0. The van der Waals surface area contributed by atoms with Crippen molar-refractivity contribution in [2.45, 2.75) is 85.6 Å². The fourth-order valence-electron chi connectivity index (χ4n) is 6.62. The van der Waals surface area contributed by atoms with E-state index in [0.717, 1.165) is 12.3 Å². The lowest BCUT2D eigenvalue weighted by molar-refractivity contribution is -0.160. The number of hydrogen-bond donors (Lipinski definition) is 4. The maximum Gasteiger partial charge on any atom is 0.312 e. The Labute approximate surface area is 290 Å². The molecule has 1 aromatic rings. The molecule has 4 N–H and O–H groups in total. The third kappa shape index (κ3) is 7.03. The van der Waals surface area contributed by atoms with Crippen LogP contribution in [0.5, 0.6) is 11.5 Å². The molecule has 5 rings (SSSR count). The number of phenols is 1. The van der Waals surface area contributed by atoms with E-state index in [1.807, 2.05) is 0 Å². The molecule has 4 aliphatic rings. The Hall–Kier alpha value is -4.59. The first-order valence-electron chi connectivity index (χ1n) is 16.4. The van der Waals surface area contributed by atoms with E-state index in [1.165, 1.54) is 47.0 Å². The van der Waals surface area contributed by atoms with Crippen LogP contribution in [0.2, 0.25) is 0 Å². The summed E-state index contributed by atoms with van der Waals surface area (Å²) in [4.78, 5) is 66.2. The van der Waals surface area contributed by atoms with E-state index in [0.29, 0.717) is 0 Å². The Balaban J connectivity index is 1.83. The van der Waals surface area contributed by atoms with Gasteiger partial charge in [-0.15, -0.1) is 0 Å². The zero-order valence-corrected chi connectivity index (χ0v) is 29.6.